The number of hydrogen-bond acceptors (Lipinski definition) is 5. The molecule has 5 nitrogen and oxygen atoms in total. The van der Waals surface area contributed by atoms with Gasteiger partial charge in [-0.2, -0.15) is 0 Å². The quantitative estimate of drug-likeness (QED) is 0.268. The molecule has 0 radical (unpaired) electrons. The van der Waals surface area contributed by atoms with Gasteiger partial charge in [-0.3, -0.25) is 4.99 Å². The Kier molecular flexibility index (Phi) is 10.2. The number of nitrogens with zero attached hydrogens (tertiary/aromatic N) is 1. The van der Waals surface area contributed by atoms with E-state index >= 15 is 0 Å². The fourth-order valence-corrected chi connectivity index (χ4v) is 5.96. The first kappa shape index (κ1) is 26.8. The van der Waals surface area contributed by atoms with Gasteiger partial charge in [0.15, 0.2) is 0 Å². The minimum absolute atomic E-state index is 0.0288. The third-order valence-corrected chi connectivity index (χ3v) is 8.07. The van der Waals surface area contributed by atoms with Crippen molar-refractivity contribution in [3.05, 3.63) is 28.8 Å². The van der Waals surface area contributed by atoms with Crippen molar-refractivity contribution in [1.29, 1.82) is 0 Å². The Hall–Kier alpha value is -1.21. The van der Waals surface area contributed by atoms with Gasteiger partial charge in [0.05, 0.1) is 0 Å². The van der Waals surface area contributed by atoms with Crippen LogP contribution in [0.2, 0.25) is 6.04 Å². The van der Waals surface area contributed by atoms with E-state index in [9.17, 15) is 5.11 Å². The molecule has 0 unspecified atom stereocenters. The summed E-state index contributed by atoms with van der Waals surface area (Å²) < 4.78 is 17.7. The predicted molar refractivity (Wildman–Crippen MR) is 128 cm³/mol. The maximum Gasteiger partial charge on any atom is 0.500 e. The van der Waals surface area contributed by atoms with Crippen LogP contribution >= 0.6 is 0 Å². The van der Waals surface area contributed by atoms with E-state index in [-0.39, 0.29) is 16.6 Å². The van der Waals surface area contributed by atoms with Crippen molar-refractivity contribution in [3.63, 3.8) is 0 Å². The average Bonchev–Trinajstić information content (AvgIpc) is 2.61. The van der Waals surface area contributed by atoms with Gasteiger partial charge in [0.25, 0.3) is 0 Å². The monoisotopic (exact) mass is 437 g/mol. The van der Waals surface area contributed by atoms with Gasteiger partial charge in [0, 0.05) is 44.2 Å². The Morgan fingerprint density at radius 3 is 1.87 bits per heavy atom. The highest BCUT2D eigenvalue weighted by Crippen LogP contribution is 2.35. The molecule has 0 aliphatic heterocycles. The van der Waals surface area contributed by atoms with Crippen molar-refractivity contribution in [2.75, 3.05) is 26.4 Å². The molecule has 0 spiro atoms. The molecule has 0 aliphatic carbocycles. The lowest BCUT2D eigenvalue weighted by atomic mass is 9.78. The molecule has 0 atom stereocenters. The van der Waals surface area contributed by atoms with Crippen LogP contribution in [0.15, 0.2) is 17.1 Å². The molecule has 1 aromatic carbocycles. The van der Waals surface area contributed by atoms with Crippen LogP contribution in [-0.4, -0.2) is 46.5 Å². The first-order valence-corrected chi connectivity index (χ1v) is 13.1. The number of phenols is 1. The van der Waals surface area contributed by atoms with Crippen LogP contribution < -0.4 is 0 Å². The van der Waals surface area contributed by atoms with E-state index in [1.807, 2.05) is 33.1 Å². The van der Waals surface area contributed by atoms with Gasteiger partial charge in [-0.15, -0.1) is 0 Å². The topological polar surface area (TPSA) is 60.3 Å². The van der Waals surface area contributed by atoms with Gasteiger partial charge in [-0.05, 0) is 55.2 Å². The van der Waals surface area contributed by atoms with Crippen LogP contribution in [0, 0.1) is 0 Å². The van der Waals surface area contributed by atoms with Gasteiger partial charge in [0.1, 0.15) is 5.75 Å². The minimum atomic E-state index is -2.63. The van der Waals surface area contributed by atoms with E-state index in [1.54, 1.807) is 0 Å². The Labute approximate surface area is 185 Å². The summed E-state index contributed by atoms with van der Waals surface area (Å²) in [6.45, 7) is 21.3. The highest BCUT2D eigenvalue weighted by molar-refractivity contribution is 6.60. The summed E-state index contributed by atoms with van der Waals surface area (Å²) >= 11 is 0. The van der Waals surface area contributed by atoms with E-state index in [0.29, 0.717) is 26.4 Å². The molecule has 0 amide bonds. The molecule has 0 fully saturated rings. The lowest BCUT2D eigenvalue weighted by Gasteiger charge is -2.28. The highest BCUT2D eigenvalue weighted by atomic mass is 28.4. The van der Waals surface area contributed by atoms with Crippen LogP contribution in [0.1, 0.15) is 85.4 Å². The van der Waals surface area contributed by atoms with Crippen LogP contribution in [0.3, 0.4) is 0 Å². The number of aromatic hydroxyl groups is 1. The van der Waals surface area contributed by atoms with Crippen molar-refractivity contribution in [1.82, 2.24) is 0 Å². The Morgan fingerprint density at radius 2 is 1.43 bits per heavy atom. The molecule has 0 aliphatic rings. The van der Waals surface area contributed by atoms with Crippen LogP contribution in [0.4, 0.5) is 0 Å². The molecule has 0 heterocycles. The summed E-state index contributed by atoms with van der Waals surface area (Å²) in [6, 6.07) is 4.81. The number of benzene rings is 1. The molecule has 1 rings (SSSR count). The molecule has 30 heavy (non-hydrogen) atoms. The van der Waals surface area contributed by atoms with Crippen molar-refractivity contribution in [3.8, 4) is 5.75 Å². The van der Waals surface area contributed by atoms with Crippen molar-refractivity contribution < 1.29 is 18.4 Å². The lowest BCUT2D eigenvalue weighted by molar-refractivity contribution is 0.0710. The zero-order chi connectivity index (χ0) is 23.0. The maximum absolute atomic E-state index is 10.8. The summed E-state index contributed by atoms with van der Waals surface area (Å²) in [5.41, 5.74) is 2.92. The molecule has 0 saturated heterocycles. The fourth-order valence-electron chi connectivity index (χ4n) is 3.37. The van der Waals surface area contributed by atoms with E-state index in [4.69, 9.17) is 13.3 Å². The number of phenolic OH excluding ortho intramolecular Hbond substituents is 1. The Morgan fingerprint density at radius 1 is 0.900 bits per heavy atom. The van der Waals surface area contributed by atoms with Crippen LogP contribution in [-0.2, 0) is 24.1 Å². The molecule has 0 bridgehead atoms. The lowest BCUT2D eigenvalue weighted by Crippen LogP contribution is -2.46. The standard InChI is InChI=1S/C24H43NO4Si/c1-10-27-30(28-11-2,29-12-3)15-13-14-25-18-20-21(24(7,8)9)16-19(17-22(20)26)23(4,5)6/h16-18,26H,10-15H2,1-9H3. The average molecular weight is 438 g/mol. The predicted octanol–water partition coefficient (Wildman–Crippen LogP) is 5.84. The fraction of sp³-hybridized carbons (Fsp3) is 0.708. The minimum Gasteiger partial charge on any atom is -0.507 e. The molecular formula is C24H43NO4Si. The van der Waals surface area contributed by atoms with E-state index < -0.39 is 8.80 Å². The second kappa shape index (κ2) is 11.4. The summed E-state index contributed by atoms with van der Waals surface area (Å²) in [7, 11) is -2.63. The van der Waals surface area contributed by atoms with Crippen molar-refractivity contribution in [2.24, 2.45) is 4.99 Å². The number of rotatable bonds is 11. The van der Waals surface area contributed by atoms with E-state index in [2.05, 4.69) is 52.6 Å². The zero-order valence-electron chi connectivity index (χ0n) is 20.6. The van der Waals surface area contributed by atoms with Gasteiger partial charge in [-0.25, -0.2) is 0 Å². The molecule has 1 aromatic rings. The van der Waals surface area contributed by atoms with Gasteiger partial charge < -0.3 is 18.4 Å². The SMILES string of the molecule is CCO[Si](CCCN=Cc1c(O)cc(C(C)(C)C)cc1C(C)(C)C)(OCC)OCC. The molecule has 0 saturated carbocycles. The molecule has 1 N–H and O–H groups in total. The number of aliphatic imine (C=N–C) groups is 1. The largest absolute Gasteiger partial charge is 0.507 e. The summed E-state index contributed by atoms with van der Waals surface area (Å²) in [5, 5.41) is 10.8. The van der Waals surface area contributed by atoms with E-state index in [0.717, 1.165) is 29.2 Å². The zero-order valence-corrected chi connectivity index (χ0v) is 21.6. The first-order chi connectivity index (χ1) is 13.9. The van der Waals surface area contributed by atoms with Gasteiger partial charge >= 0.3 is 8.80 Å². The molecule has 0 aromatic heterocycles. The number of hydrogen-bond donors (Lipinski definition) is 1. The summed E-state index contributed by atoms with van der Waals surface area (Å²) in [4.78, 5) is 4.62. The Bertz CT molecular complexity index is 673. The van der Waals surface area contributed by atoms with Gasteiger partial charge in [-0.1, -0.05) is 47.6 Å². The molecular weight excluding hydrogens is 394 g/mol. The molecule has 172 valence electrons. The summed E-state index contributed by atoms with van der Waals surface area (Å²) in [5.74, 6) is 0.290. The highest BCUT2D eigenvalue weighted by Gasteiger charge is 2.39. The smallest absolute Gasteiger partial charge is 0.500 e. The maximum atomic E-state index is 10.8. The third kappa shape index (κ3) is 7.80. The van der Waals surface area contributed by atoms with E-state index in [1.165, 1.54) is 0 Å². The second-order valence-electron chi connectivity index (χ2n) is 9.58. The third-order valence-electron chi connectivity index (χ3n) is 4.92. The molecule has 6 heteroatoms. The summed E-state index contributed by atoms with van der Waals surface area (Å²) in [6.07, 6.45) is 2.63. The Balaban J connectivity index is 2.99. The van der Waals surface area contributed by atoms with Crippen LogP contribution in [0.5, 0.6) is 5.75 Å². The first-order valence-electron chi connectivity index (χ1n) is 11.2. The van der Waals surface area contributed by atoms with Crippen molar-refractivity contribution in [2.45, 2.75) is 85.6 Å². The van der Waals surface area contributed by atoms with Crippen LogP contribution in [0.25, 0.3) is 0 Å². The van der Waals surface area contributed by atoms with Crippen molar-refractivity contribution >= 4 is 15.0 Å². The normalized spacial score (nSPS) is 13.4. The van der Waals surface area contributed by atoms with Gasteiger partial charge in [0.2, 0.25) is 0 Å². The second-order valence-corrected chi connectivity index (χ2v) is 12.3.